The molecule has 0 N–H and O–H groups in total. The lowest BCUT2D eigenvalue weighted by molar-refractivity contribution is -0.134. The molecular weight excluding hydrogens is 324 g/mol. The average molecular weight is 350 g/mol. The normalized spacial score (nSPS) is 18.6. The van der Waals surface area contributed by atoms with Crippen LogP contribution in [0.25, 0.3) is 0 Å². The second kappa shape index (κ2) is 7.80. The molecule has 4 nitrogen and oxygen atoms in total. The molecule has 0 aliphatic carbocycles. The zero-order valence-corrected chi connectivity index (χ0v) is 15.8. The van der Waals surface area contributed by atoms with Crippen LogP contribution in [-0.4, -0.2) is 22.8 Å². The lowest BCUT2D eigenvalue weighted by Crippen LogP contribution is -2.42. The predicted octanol–water partition coefficient (Wildman–Crippen LogP) is 4.66. The highest BCUT2D eigenvalue weighted by Crippen LogP contribution is 2.40. The van der Waals surface area contributed by atoms with Crippen molar-refractivity contribution in [3.8, 4) is 11.8 Å². The number of aryl methyl sites for hydroxylation is 2. The molecule has 0 bridgehead atoms. The first-order chi connectivity index (χ1) is 12.6. The fraction of sp³-hybridized carbons (Fsp3) is 0.409. The van der Waals surface area contributed by atoms with Crippen molar-refractivity contribution in [3.05, 3.63) is 59.4 Å². The van der Waals surface area contributed by atoms with Crippen LogP contribution in [0.5, 0.6) is 0 Å². The maximum atomic E-state index is 12.8. The molecule has 1 unspecified atom stereocenters. The van der Waals surface area contributed by atoms with Gasteiger partial charge in [-0.2, -0.15) is 5.06 Å². The molecule has 1 aliphatic rings. The summed E-state index contributed by atoms with van der Waals surface area (Å²) in [6.45, 7) is 4.09. The monoisotopic (exact) mass is 350 g/mol. The standard InChI is InChI=1S/C22H26N2O2/c1-4-5-16-22(17-10-9-13-19-11-7-6-8-12-19)20-15-14-18(2)23(20)21(25)24(22)26-3/h6-8,11-12,14-15H,4-5,9,13,16H2,1-3H3. The van der Waals surface area contributed by atoms with E-state index in [9.17, 15) is 4.79 Å². The van der Waals surface area contributed by atoms with Gasteiger partial charge in [-0.1, -0.05) is 55.5 Å². The number of aromatic nitrogens is 1. The molecule has 136 valence electrons. The zero-order chi connectivity index (χ0) is 18.6. The molecule has 1 aromatic heterocycles. The Morgan fingerprint density at radius 2 is 1.92 bits per heavy atom. The molecule has 0 saturated heterocycles. The number of hydrogen-bond acceptors (Lipinski definition) is 2. The molecule has 2 aromatic rings. The number of hydrogen-bond donors (Lipinski definition) is 0. The van der Waals surface area contributed by atoms with Crippen LogP contribution < -0.4 is 0 Å². The summed E-state index contributed by atoms with van der Waals surface area (Å²) in [5, 5.41) is 1.46. The molecule has 0 radical (unpaired) electrons. The van der Waals surface area contributed by atoms with Crippen molar-refractivity contribution < 1.29 is 9.63 Å². The molecular formula is C22H26N2O2. The van der Waals surface area contributed by atoms with Gasteiger partial charge < -0.3 is 0 Å². The van der Waals surface area contributed by atoms with E-state index < -0.39 is 5.54 Å². The number of unbranched alkanes of at least 4 members (excludes halogenated alkanes) is 1. The minimum absolute atomic E-state index is 0.154. The van der Waals surface area contributed by atoms with E-state index in [0.29, 0.717) is 0 Å². The summed E-state index contributed by atoms with van der Waals surface area (Å²) >= 11 is 0. The second-order valence-electron chi connectivity index (χ2n) is 6.71. The number of benzene rings is 1. The van der Waals surface area contributed by atoms with E-state index in [0.717, 1.165) is 43.5 Å². The molecule has 1 aromatic carbocycles. The third-order valence-corrected chi connectivity index (χ3v) is 4.96. The van der Waals surface area contributed by atoms with Gasteiger partial charge in [0.15, 0.2) is 5.54 Å². The Kier molecular flexibility index (Phi) is 5.49. The molecule has 1 amide bonds. The molecule has 0 saturated carbocycles. The fourth-order valence-corrected chi connectivity index (χ4v) is 3.61. The summed E-state index contributed by atoms with van der Waals surface area (Å²) in [7, 11) is 1.55. The van der Waals surface area contributed by atoms with Crippen molar-refractivity contribution >= 4 is 6.03 Å². The van der Waals surface area contributed by atoms with E-state index in [4.69, 9.17) is 4.84 Å². The van der Waals surface area contributed by atoms with Crippen LogP contribution in [0, 0.1) is 18.8 Å². The van der Waals surface area contributed by atoms with Crippen molar-refractivity contribution in [2.45, 2.75) is 51.5 Å². The Labute approximate surface area is 155 Å². The van der Waals surface area contributed by atoms with Crippen molar-refractivity contribution in [2.75, 3.05) is 7.11 Å². The lowest BCUT2D eigenvalue weighted by atomic mass is 9.90. The quantitative estimate of drug-likeness (QED) is 0.710. The van der Waals surface area contributed by atoms with Gasteiger partial charge in [-0.25, -0.2) is 4.79 Å². The van der Waals surface area contributed by atoms with E-state index in [2.05, 4.69) is 30.9 Å². The highest BCUT2D eigenvalue weighted by atomic mass is 16.7. The van der Waals surface area contributed by atoms with Gasteiger partial charge in [0.1, 0.15) is 0 Å². The minimum Gasteiger partial charge on any atom is -0.271 e. The predicted molar refractivity (Wildman–Crippen MR) is 103 cm³/mol. The summed E-state index contributed by atoms with van der Waals surface area (Å²) in [6, 6.07) is 14.2. The summed E-state index contributed by atoms with van der Waals surface area (Å²) < 4.78 is 1.73. The lowest BCUT2D eigenvalue weighted by Gasteiger charge is -2.31. The summed E-state index contributed by atoms with van der Waals surface area (Å²) in [6.07, 6.45) is 4.44. The second-order valence-corrected chi connectivity index (χ2v) is 6.71. The van der Waals surface area contributed by atoms with Gasteiger partial charge in [-0.3, -0.25) is 9.40 Å². The van der Waals surface area contributed by atoms with Crippen LogP contribution in [0.15, 0.2) is 42.5 Å². The first kappa shape index (κ1) is 18.3. The van der Waals surface area contributed by atoms with Crippen LogP contribution in [0.4, 0.5) is 4.79 Å². The smallest absolute Gasteiger partial charge is 0.271 e. The molecule has 0 spiro atoms. The number of carbonyl (C=O) groups excluding carboxylic acids is 1. The van der Waals surface area contributed by atoms with Crippen LogP contribution >= 0.6 is 0 Å². The van der Waals surface area contributed by atoms with E-state index in [1.54, 1.807) is 11.7 Å². The van der Waals surface area contributed by atoms with Gasteiger partial charge in [0.2, 0.25) is 0 Å². The number of fused-ring (bicyclic) bond motifs is 1. The molecule has 26 heavy (non-hydrogen) atoms. The first-order valence-electron chi connectivity index (χ1n) is 9.25. The Balaban J connectivity index is 1.91. The van der Waals surface area contributed by atoms with Gasteiger partial charge in [0, 0.05) is 12.1 Å². The van der Waals surface area contributed by atoms with Crippen molar-refractivity contribution in [1.82, 2.24) is 9.63 Å². The zero-order valence-electron chi connectivity index (χ0n) is 15.8. The molecule has 2 heterocycles. The third kappa shape index (κ3) is 3.15. The fourth-order valence-electron chi connectivity index (χ4n) is 3.61. The highest BCUT2D eigenvalue weighted by molar-refractivity contribution is 5.83. The van der Waals surface area contributed by atoms with E-state index >= 15 is 0 Å². The Hall–Kier alpha value is -2.51. The van der Waals surface area contributed by atoms with Crippen molar-refractivity contribution in [2.24, 2.45) is 0 Å². The summed E-state index contributed by atoms with van der Waals surface area (Å²) in [4.78, 5) is 18.3. The average Bonchev–Trinajstić information content (AvgIpc) is 3.15. The maximum absolute atomic E-state index is 12.8. The molecule has 4 heteroatoms. The van der Waals surface area contributed by atoms with Crippen LogP contribution in [0.2, 0.25) is 0 Å². The molecule has 1 aliphatic heterocycles. The Bertz CT molecular complexity index is 829. The first-order valence-corrected chi connectivity index (χ1v) is 9.25. The van der Waals surface area contributed by atoms with Gasteiger partial charge in [-0.05, 0) is 43.9 Å². The van der Waals surface area contributed by atoms with Crippen LogP contribution in [0.3, 0.4) is 0 Å². The highest BCUT2D eigenvalue weighted by Gasteiger charge is 2.50. The Morgan fingerprint density at radius 3 is 2.62 bits per heavy atom. The summed E-state index contributed by atoms with van der Waals surface area (Å²) in [5.41, 5.74) is 2.40. The van der Waals surface area contributed by atoms with Gasteiger partial charge >= 0.3 is 6.03 Å². The van der Waals surface area contributed by atoms with Crippen molar-refractivity contribution in [1.29, 1.82) is 0 Å². The van der Waals surface area contributed by atoms with Crippen molar-refractivity contribution in [3.63, 3.8) is 0 Å². The third-order valence-electron chi connectivity index (χ3n) is 4.96. The number of nitrogens with zero attached hydrogens (tertiary/aromatic N) is 2. The Morgan fingerprint density at radius 1 is 1.15 bits per heavy atom. The van der Waals surface area contributed by atoms with Gasteiger partial charge in [0.05, 0.1) is 12.8 Å². The number of amides is 1. The van der Waals surface area contributed by atoms with Gasteiger partial charge in [-0.15, -0.1) is 0 Å². The van der Waals surface area contributed by atoms with E-state index in [1.807, 2.05) is 37.3 Å². The molecule has 1 atom stereocenters. The van der Waals surface area contributed by atoms with Crippen LogP contribution in [0.1, 0.15) is 49.6 Å². The number of hydroxylamine groups is 2. The SMILES string of the molecule is CCCCC1(C#CCCc2ccccc2)c2ccc(C)n2C(=O)N1OC. The maximum Gasteiger partial charge on any atom is 0.354 e. The number of rotatable bonds is 6. The number of carbonyl (C=O) groups is 1. The largest absolute Gasteiger partial charge is 0.354 e. The topological polar surface area (TPSA) is 34.5 Å². The van der Waals surface area contributed by atoms with E-state index in [1.165, 1.54) is 10.6 Å². The molecule has 0 fully saturated rings. The molecule has 3 rings (SSSR count). The summed E-state index contributed by atoms with van der Waals surface area (Å²) in [5.74, 6) is 6.73. The van der Waals surface area contributed by atoms with Crippen LogP contribution in [-0.2, 0) is 16.8 Å². The van der Waals surface area contributed by atoms with E-state index in [-0.39, 0.29) is 6.03 Å². The minimum atomic E-state index is -0.702. The van der Waals surface area contributed by atoms with Gasteiger partial charge in [0.25, 0.3) is 0 Å².